The van der Waals surface area contributed by atoms with Gasteiger partial charge in [-0.05, 0) is 6.92 Å². The molecule has 1 unspecified atom stereocenters. The molecule has 0 heterocycles. The fourth-order valence-corrected chi connectivity index (χ4v) is 1.15. The lowest BCUT2D eigenvalue weighted by molar-refractivity contribution is -0.137. The molecule has 110 valence electrons. The highest BCUT2D eigenvalue weighted by atomic mass is 16.3. The summed E-state index contributed by atoms with van der Waals surface area (Å²) in [5.41, 5.74) is -0.943. The predicted molar refractivity (Wildman–Crippen MR) is 68.2 cm³/mol. The molecule has 0 aromatic carbocycles. The Bertz CT molecular complexity index is 341. The first kappa shape index (κ1) is 17.5. The van der Waals surface area contributed by atoms with Gasteiger partial charge in [-0.2, -0.15) is 0 Å². The summed E-state index contributed by atoms with van der Waals surface area (Å²) in [7, 11) is 0. The number of aliphatic hydroxyl groups is 2. The van der Waals surface area contributed by atoms with Crippen LogP contribution in [0.25, 0.3) is 0 Å². The molecular weight excluding hydrogens is 252 g/mol. The second-order valence-electron chi connectivity index (χ2n) is 5.07. The second-order valence-corrected chi connectivity index (χ2v) is 5.07. The van der Waals surface area contributed by atoms with Crippen molar-refractivity contribution in [3.05, 3.63) is 0 Å². The SMILES string of the molecule is CC(=O)CNC(=O)CCNC(=O)C(O)C(C)(C)CO. The van der Waals surface area contributed by atoms with E-state index in [1.165, 1.54) is 6.92 Å². The maximum atomic E-state index is 11.5. The highest BCUT2D eigenvalue weighted by Gasteiger charge is 2.32. The molecule has 4 N–H and O–H groups in total. The van der Waals surface area contributed by atoms with Crippen LogP contribution in [0.2, 0.25) is 0 Å². The number of rotatable bonds is 8. The highest BCUT2D eigenvalue weighted by molar-refractivity contribution is 5.85. The number of nitrogens with one attached hydrogen (secondary N) is 2. The van der Waals surface area contributed by atoms with Crippen LogP contribution < -0.4 is 10.6 Å². The average molecular weight is 274 g/mol. The molecule has 0 fully saturated rings. The fraction of sp³-hybridized carbons (Fsp3) is 0.750. The largest absolute Gasteiger partial charge is 0.396 e. The van der Waals surface area contributed by atoms with Crippen LogP contribution in [0.1, 0.15) is 27.2 Å². The smallest absolute Gasteiger partial charge is 0.249 e. The Morgan fingerprint density at radius 2 is 1.79 bits per heavy atom. The summed E-state index contributed by atoms with van der Waals surface area (Å²) < 4.78 is 0. The van der Waals surface area contributed by atoms with Crippen LogP contribution in [0, 0.1) is 5.41 Å². The molecule has 0 aliphatic heterocycles. The Labute approximate surface area is 112 Å². The molecule has 7 heteroatoms. The molecule has 1 atom stereocenters. The predicted octanol–water partition coefficient (Wildman–Crippen LogP) is -1.42. The number of hydrogen-bond donors (Lipinski definition) is 4. The van der Waals surface area contributed by atoms with E-state index in [9.17, 15) is 19.5 Å². The molecule has 19 heavy (non-hydrogen) atoms. The van der Waals surface area contributed by atoms with Crippen LogP contribution in [0.4, 0.5) is 0 Å². The van der Waals surface area contributed by atoms with Gasteiger partial charge in [-0.25, -0.2) is 0 Å². The van der Waals surface area contributed by atoms with E-state index in [2.05, 4.69) is 10.6 Å². The Kier molecular flexibility index (Phi) is 7.25. The van der Waals surface area contributed by atoms with Crippen LogP contribution in [-0.4, -0.2) is 53.6 Å². The number of Topliss-reactive ketones (excluding diaryl/α,β-unsaturated/α-hetero) is 1. The van der Waals surface area contributed by atoms with Gasteiger partial charge in [0.2, 0.25) is 11.8 Å². The van der Waals surface area contributed by atoms with Crippen molar-refractivity contribution in [2.75, 3.05) is 19.7 Å². The minimum Gasteiger partial charge on any atom is -0.396 e. The highest BCUT2D eigenvalue weighted by Crippen LogP contribution is 2.19. The van der Waals surface area contributed by atoms with Gasteiger partial charge in [-0.15, -0.1) is 0 Å². The Morgan fingerprint density at radius 1 is 1.21 bits per heavy atom. The standard InChI is InChI=1S/C12H22N2O5/c1-8(16)6-14-9(17)4-5-13-11(19)10(18)12(2,3)7-15/h10,15,18H,4-7H2,1-3H3,(H,13,19)(H,14,17). The summed E-state index contributed by atoms with van der Waals surface area (Å²) in [5.74, 6) is -1.15. The molecule has 0 aliphatic carbocycles. The quantitative estimate of drug-likeness (QED) is 0.433. The van der Waals surface area contributed by atoms with E-state index in [4.69, 9.17) is 5.11 Å². The van der Waals surface area contributed by atoms with Crippen molar-refractivity contribution >= 4 is 17.6 Å². The molecule has 0 rings (SSSR count). The lowest BCUT2D eigenvalue weighted by Gasteiger charge is -2.27. The lowest BCUT2D eigenvalue weighted by Crippen LogP contribution is -2.46. The molecule has 0 spiro atoms. The zero-order valence-corrected chi connectivity index (χ0v) is 11.5. The lowest BCUT2D eigenvalue weighted by atomic mass is 9.87. The van der Waals surface area contributed by atoms with Crippen molar-refractivity contribution in [2.24, 2.45) is 5.41 Å². The summed E-state index contributed by atoms with van der Waals surface area (Å²) in [5, 5.41) is 23.5. The Balaban J connectivity index is 3.98. The average Bonchev–Trinajstić information content (AvgIpc) is 2.35. The number of aliphatic hydroxyl groups excluding tert-OH is 2. The molecular formula is C12H22N2O5. The van der Waals surface area contributed by atoms with E-state index >= 15 is 0 Å². The molecule has 0 radical (unpaired) electrons. The third-order valence-corrected chi connectivity index (χ3v) is 2.58. The summed E-state index contributed by atoms with van der Waals surface area (Å²) in [6, 6.07) is 0. The van der Waals surface area contributed by atoms with Crippen molar-refractivity contribution < 1.29 is 24.6 Å². The maximum absolute atomic E-state index is 11.5. The van der Waals surface area contributed by atoms with E-state index in [0.717, 1.165) is 0 Å². The van der Waals surface area contributed by atoms with Crippen molar-refractivity contribution in [3.8, 4) is 0 Å². The van der Waals surface area contributed by atoms with E-state index in [1.807, 2.05) is 0 Å². The Morgan fingerprint density at radius 3 is 2.26 bits per heavy atom. The monoisotopic (exact) mass is 274 g/mol. The van der Waals surface area contributed by atoms with Gasteiger partial charge in [0, 0.05) is 18.4 Å². The fourth-order valence-electron chi connectivity index (χ4n) is 1.15. The van der Waals surface area contributed by atoms with Crippen LogP contribution in [0.5, 0.6) is 0 Å². The van der Waals surface area contributed by atoms with Gasteiger partial charge < -0.3 is 20.8 Å². The van der Waals surface area contributed by atoms with Gasteiger partial charge in [0.25, 0.3) is 0 Å². The molecule has 0 aliphatic rings. The van der Waals surface area contributed by atoms with E-state index < -0.39 is 17.4 Å². The van der Waals surface area contributed by atoms with E-state index in [-0.39, 0.29) is 37.8 Å². The van der Waals surface area contributed by atoms with Gasteiger partial charge in [-0.3, -0.25) is 14.4 Å². The second kappa shape index (κ2) is 7.85. The number of amides is 2. The number of carbonyl (C=O) groups is 3. The summed E-state index contributed by atoms with van der Waals surface area (Å²) in [4.78, 5) is 33.4. The van der Waals surface area contributed by atoms with Crippen LogP contribution >= 0.6 is 0 Å². The minimum absolute atomic E-state index is 0.0191. The van der Waals surface area contributed by atoms with Crippen molar-refractivity contribution in [1.82, 2.24) is 10.6 Å². The molecule has 0 bridgehead atoms. The Hall–Kier alpha value is -1.47. The van der Waals surface area contributed by atoms with Gasteiger partial charge in [0.1, 0.15) is 11.9 Å². The summed E-state index contributed by atoms with van der Waals surface area (Å²) >= 11 is 0. The van der Waals surface area contributed by atoms with Gasteiger partial charge in [-0.1, -0.05) is 13.8 Å². The zero-order valence-electron chi connectivity index (χ0n) is 11.5. The first-order chi connectivity index (χ1) is 8.70. The van der Waals surface area contributed by atoms with E-state index in [0.29, 0.717) is 0 Å². The normalized spacial score (nSPS) is 12.7. The minimum atomic E-state index is -1.35. The van der Waals surface area contributed by atoms with Crippen LogP contribution in [-0.2, 0) is 14.4 Å². The number of carbonyl (C=O) groups excluding carboxylic acids is 3. The number of ketones is 1. The van der Waals surface area contributed by atoms with Crippen molar-refractivity contribution in [2.45, 2.75) is 33.3 Å². The maximum Gasteiger partial charge on any atom is 0.249 e. The molecule has 0 aromatic rings. The third-order valence-electron chi connectivity index (χ3n) is 2.58. The third kappa shape index (κ3) is 6.88. The molecule has 7 nitrogen and oxygen atoms in total. The molecule has 0 saturated carbocycles. The molecule has 0 aromatic heterocycles. The van der Waals surface area contributed by atoms with Gasteiger partial charge >= 0.3 is 0 Å². The van der Waals surface area contributed by atoms with Crippen molar-refractivity contribution in [1.29, 1.82) is 0 Å². The van der Waals surface area contributed by atoms with Gasteiger partial charge in [0.05, 0.1) is 13.2 Å². The number of hydrogen-bond acceptors (Lipinski definition) is 5. The van der Waals surface area contributed by atoms with E-state index in [1.54, 1.807) is 13.8 Å². The topological polar surface area (TPSA) is 116 Å². The van der Waals surface area contributed by atoms with Gasteiger partial charge in [0.15, 0.2) is 0 Å². The van der Waals surface area contributed by atoms with Crippen LogP contribution in [0.3, 0.4) is 0 Å². The molecule has 2 amide bonds. The molecule has 0 saturated heterocycles. The first-order valence-electron chi connectivity index (χ1n) is 6.03. The zero-order chi connectivity index (χ0) is 15.1. The van der Waals surface area contributed by atoms with Crippen LogP contribution in [0.15, 0.2) is 0 Å². The first-order valence-corrected chi connectivity index (χ1v) is 6.03. The summed E-state index contributed by atoms with van der Waals surface area (Å²) in [6.45, 7) is 4.15. The summed E-state index contributed by atoms with van der Waals surface area (Å²) in [6.07, 6.45) is -1.33. The van der Waals surface area contributed by atoms with Crippen molar-refractivity contribution in [3.63, 3.8) is 0 Å².